The van der Waals surface area contributed by atoms with Crippen LogP contribution in [0.4, 0.5) is 4.39 Å². The van der Waals surface area contributed by atoms with Gasteiger partial charge in [-0.15, -0.1) is 0 Å². The third-order valence-corrected chi connectivity index (χ3v) is 8.77. The van der Waals surface area contributed by atoms with Gasteiger partial charge in [-0.05, 0) is 103 Å². The number of nitrogens with zero attached hydrogens (tertiary/aromatic N) is 3. The van der Waals surface area contributed by atoms with Crippen molar-refractivity contribution < 1.29 is 19.1 Å². The Kier molecular flexibility index (Phi) is 9.44. The fourth-order valence-corrected chi connectivity index (χ4v) is 6.68. The van der Waals surface area contributed by atoms with E-state index in [4.69, 9.17) is 0 Å². The number of hydrogen-bond donors (Lipinski definition) is 1. The summed E-state index contributed by atoms with van der Waals surface area (Å²) in [5.41, 5.74) is 1.65. The Morgan fingerprint density at radius 2 is 1.67 bits per heavy atom. The molecule has 1 N–H and O–H groups in total. The Bertz CT molecular complexity index is 1160. The second-order valence-electron chi connectivity index (χ2n) is 11.9. The highest BCUT2D eigenvalue weighted by atomic mass is 19.1. The number of carbonyl (C=O) groups is 2. The Morgan fingerprint density at radius 1 is 1.00 bits per heavy atom. The van der Waals surface area contributed by atoms with E-state index in [1.165, 1.54) is 12.1 Å². The summed E-state index contributed by atoms with van der Waals surface area (Å²) < 4.78 is 14.9. The van der Waals surface area contributed by atoms with Gasteiger partial charge in [-0.25, -0.2) is 4.39 Å². The van der Waals surface area contributed by atoms with E-state index >= 15 is 0 Å². The van der Waals surface area contributed by atoms with E-state index in [9.17, 15) is 19.1 Å². The number of phenolic OH excluding ortho intramolecular Hbond substituents is 1. The molecule has 0 bridgehead atoms. The summed E-state index contributed by atoms with van der Waals surface area (Å²) in [5.74, 6) is -1.81. The van der Waals surface area contributed by atoms with Gasteiger partial charge in [-0.1, -0.05) is 24.3 Å². The zero-order valence-corrected chi connectivity index (χ0v) is 24.1. The molecule has 2 aromatic carbocycles. The molecule has 0 saturated carbocycles. The molecule has 5 unspecified atom stereocenters. The van der Waals surface area contributed by atoms with Crippen molar-refractivity contribution in [3.05, 3.63) is 65.0 Å². The molecule has 2 heterocycles. The smallest absolute Gasteiger partial charge is 0.228 e. The van der Waals surface area contributed by atoms with E-state index in [1.54, 1.807) is 31.2 Å². The normalized spacial score (nSPS) is 25.8. The number of rotatable bonds is 9. The number of carbonyl (C=O) groups excluding carboxylic acids is 2. The van der Waals surface area contributed by atoms with Crippen LogP contribution in [0.5, 0.6) is 5.75 Å². The van der Waals surface area contributed by atoms with Gasteiger partial charge in [-0.3, -0.25) is 9.59 Å². The number of ketones is 1. The molecule has 0 aromatic heterocycles. The fourth-order valence-electron chi connectivity index (χ4n) is 6.68. The Morgan fingerprint density at radius 3 is 2.33 bits per heavy atom. The summed E-state index contributed by atoms with van der Waals surface area (Å²) >= 11 is 0. The van der Waals surface area contributed by atoms with E-state index in [0.717, 1.165) is 44.3 Å². The van der Waals surface area contributed by atoms with Crippen molar-refractivity contribution in [2.24, 2.45) is 11.8 Å². The molecule has 2 aliphatic heterocycles. The van der Waals surface area contributed by atoms with E-state index in [1.807, 2.05) is 11.0 Å². The van der Waals surface area contributed by atoms with E-state index in [-0.39, 0.29) is 35.3 Å². The zero-order chi connectivity index (χ0) is 28.3. The molecule has 2 aromatic rings. The standard InChI is InChI=1S/C32H44FN3O3/c1-21-14-15-22(2)36(21)32(39)28-20-35(17-7-6-16-34(4)5)19-27(31(38)24-10-8-11-25(37)18-24)30(28)26-12-9-13-29(33)23(26)3/h8-13,18,21-22,27-28,30,37H,6-7,14-17,19-20H2,1-5H3. The third kappa shape index (κ3) is 6.52. The number of benzene rings is 2. The first kappa shape index (κ1) is 29.2. The second-order valence-corrected chi connectivity index (χ2v) is 11.9. The molecule has 2 saturated heterocycles. The van der Waals surface area contributed by atoms with Gasteiger partial charge in [0.25, 0.3) is 0 Å². The number of halogens is 1. The van der Waals surface area contributed by atoms with Crippen molar-refractivity contribution in [2.45, 2.75) is 64.5 Å². The molecule has 7 heteroatoms. The molecule has 39 heavy (non-hydrogen) atoms. The molecular weight excluding hydrogens is 493 g/mol. The average molecular weight is 538 g/mol. The summed E-state index contributed by atoms with van der Waals surface area (Å²) in [7, 11) is 4.12. The third-order valence-electron chi connectivity index (χ3n) is 8.77. The topological polar surface area (TPSA) is 64.1 Å². The first-order chi connectivity index (χ1) is 18.6. The van der Waals surface area contributed by atoms with Crippen molar-refractivity contribution in [2.75, 3.05) is 40.3 Å². The molecular formula is C32H44FN3O3. The van der Waals surface area contributed by atoms with Gasteiger partial charge >= 0.3 is 0 Å². The highest BCUT2D eigenvalue weighted by Gasteiger charge is 2.48. The minimum atomic E-state index is -0.544. The van der Waals surface area contributed by atoms with Crippen LogP contribution in [0.1, 0.15) is 66.9 Å². The van der Waals surface area contributed by atoms with Crippen LogP contribution in [-0.2, 0) is 4.79 Å². The molecule has 0 spiro atoms. The zero-order valence-electron chi connectivity index (χ0n) is 24.1. The van der Waals surface area contributed by atoms with Crippen molar-refractivity contribution in [1.29, 1.82) is 0 Å². The fraction of sp³-hybridized carbons (Fsp3) is 0.562. The predicted octanol–water partition coefficient (Wildman–Crippen LogP) is 5.10. The number of hydrogen-bond acceptors (Lipinski definition) is 5. The lowest BCUT2D eigenvalue weighted by molar-refractivity contribution is -0.141. The number of phenols is 1. The van der Waals surface area contributed by atoms with Gasteiger partial charge in [0, 0.05) is 42.6 Å². The van der Waals surface area contributed by atoms with Crippen molar-refractivity contribution in [3.63, 3.8) is 0 Å². The SMILES string of the molecule is Cc1c(F)cccc1C1C(C(=O)c2cccc(O)c2)CN(CCCCN(C)C)CC1C(=O)N1C(C)CCC1C. The van der Waals surface area contributed by atoms with Crippen LogP contribution in [-0.4, -0.2) is 83.9 Å². The molecule has 6 nitrogen and oxygen atoms in total. The maximum atomic E-state index is 14.9. The molecule has 2 fully saturated rings. The highest BCUT2D eigenvalue weighted by Crippen LogP contribution is 2.43. The number of aromatic hydroxyl groups is 1. The molecule has 1 amide bonds. The lowest BCUT2D eigenvalue weighted by Gasteiger charge is -2.45. The Labute approximate surface area is 232 Å². The van der Waals surface area contributed by atoms with Crippen LogP contribution in [0.3, 0.4) is 0 Å². The first-order valence-corrected chi connectivity index (χ1v) is 14.4. The minimum Gasteiger partial charge on any atom is -0.508 e. The van der Waals surface area contributed by atoms with Gasteiger partial charge in [-0.2, -0.15) is 0 Å². The molecule has 0 aliphatic carbocycles. The maximum Gasteiger partial charge on any atom is 0.228 e. The van der Waals surface area contributed by atoms with E-state index in [2.05, 4.69) is 37.7 Å². The van der Waals surface area contributed by atoms with Gasteiger partial charge in [0.05, 0.1) is 5.92 Å². The van der Waals surface area contributed by atoms with Crippen LogP contribution in [0.25, 0.3) is 0 Å². The Balaban J connectivity index is 1.77. The second kappa shape index (κ2) is 12.6. The predicted molar refractivity (Wildman–Crippen MR) is 153 cm³/mol. The van der Waals surface area contributed by atoms with Crippen LogP contribution in [0.15, 0.2) is 42.5 Å². The summed E-state index contributed by atoms with van der Waals surface area (Å²) in [6.45, 7) is 8.75. The summed E-state index contributed by atoms with van der Waals surface area (Å²) in [5, 5.41) is 10.1. The van der Waals surface area contributed by atoms with Crippen LogP contribution < -0.4 is 0 Å². The lowest BCUT2D eigenvalue weighted by Crippen LogP contribution is -2.55. The number of piperidine rings is 1. The lowest BCUT2D eigenvalue weighted by atomic mass is 9.69. The van der Waals surface area contributed by atoms with Crippen molar-refractivity contribution in [1.82, 2.24) is 14.7 Å². The monoisotopic (exact) mass is 537 g/mol. The summed E-state index contributed by atoms with van der Waals surface area (Å²) in [6.07, 6.45) is 3.92. The molecule has 4 rings (SSSR count). The number of unbranched alkanes of at least 4 members (excludes halogenated alkanes) is 1. The van der Waals surface area contributed by atoms with Crippen molar-refractivity contribution >= 4 is 11.7 Å². The minimum absolute atomic E-state index is 0.0306. The molecule has 2 aliphatic rings. The van der Waals surface area contributed by atoms with E-state index < -0.39 is 17.8 Å². The van der Waals surface area contributed by atoms with Gasteiger partial charge in [0.15, 0.2) is 5.78 Å². The number of likely N-dealkylation sites (tertiary alicyclic amines) is 2. The van der Waals surface area contributed by atoms with Gasteiger partial charge < -0.3 is 19.8 Å². The average Bonchev–Trinajstić information content (AvgIpc) is 3.24. The van der Waals surface area contributed by atoms with Gasteiger partial charge in [0.1, 0.15) is 11.6 Å². The van der Waals surface area contributed by atoms with Gasteiger partial charge in [0.2, 0.25) is 5.91 Å². The summed E-state index contributed by atoms with van der Waals surface area (Å²) in [6, 6.07) is 11.7. The van der Waals surface area contributed by atoms with Crippen LogP contribution in [0, 0.1) is 24.6 Å². The summed E-state index contributed by atoms with van der Waals surface area (Å²) in [4.78, 5) is 35.0. The quantitative estimate of drug-likeness (QED) is 0.356. The van der Waals surface area contributed by atoms with Crippen LogP contribution >= 0.6 is 0 Å². The maximum absolute atomic E-state index is 14.9. The number of amides is 1. The largest absolute Gasteiger partial charge is 0.508 e. The molecule has 212 valence electrons. The van der Waals surface area contributed by atoms with E-state index in [0.29, 0.717) is 24.2 Å². The highest BCUT2D eigenvalue weighted by molar-refractivity contribution is 5.99. The number of Topliss-reactive ketones (excluding diaryl/α,β-unsaturated/α-hetero) is 1. The Hall–Kier alpha value is -2.77. The van der Waals surface area contributed by atoms with Crippen molar-refractivity contribution in [3.8, 4) is 5.75 Å². The molecule has 5 atom stereocenters. The first-order valence-electron chi connectivity index (χ1n) is 14.4. The van der Waals surface area contributed by atoms with Crippen LogP contribution in [0.2, 0.25) is 0 Å². The molecule has 0 radical (unpaired) electrons.